The first-order chi connectivity index (χ1) is 17.9. The minimum Gasteiger partial charge on any atom is -0.388 e. The predicted octanol–water partition coefficient (Wildman–Crippen LogP) is 2.58. The molecule has 4 heterocycles. The van der Waals surface area contributed by atoms with Gasteiger partial charge in [-0.1, -0.05) is 30.3 Å². The number of anilines is 1. The van der Waals surface area contributed by atoms with Crippen LogP contribution in [0.5, 0.6) is 0 Å². The third-order valence-corrected chi connectivity index (χ3v) is 8.08. The second-order valence-corrected chi connectivity index (χ2v) is 10.8. The van der Waals surface area contributed by atoms with Crippen LogP contribution in [0.25, 0.3) is 10.6 Å². The standard InChI is InChI=1S/C26H28N6O4S/c33-22(20-14-37-23(29-20)17-4-2-1-3-5-17)28-19-12-21-25(35)31(16-27-32(21)13-19)15-26(36)8-10-30(11-9-26)24(34)18-6-7-18/h1-5,12-14,18,27,36H,6-11,15-16H2,(H,28,33). The summed E-state index contributed by atoms with van der Waals surface area (Å²) in [6.07, 6.45) is 4.47. The Morgan fingerprint density at radius 1 is 1.19 bits per heavy atom. The van der Waals surface area contributed by atoms with Crippen molar-refractivity contribution < 1.29 is 19.5 Å². The predicted molar refractivity (Wildman–Crippen MR) is 139 cm³/mol. The second kappa shape index (κ2) is 9.31. The molecule has 1 aromatic carbocycles. The van der Waals surface area contributed by atoms with E-state index in [1.165, 1.54) is 11.3 Å². The average Bonchev–Trinajstić information content (AvgIpc) is 3.48. The van der Waals surface area contributed by atoms with Crippen LogP contribution in [-0.2, 0) is 4.79 Å². The monoisotopic (exact) mass is 520 g/mol. The lowest BCUT2D eigenvalue weighted by atomic mass is 9.90. The van der Waals surface area contributed by atoms with Crippen LogP contribution < -0.4 is 10.7 Å². The lowest BCUT2D eigenvalue weighted by Crippen LogP contribution is -2.56. The largest absolute Gasteiger partial charge is 0.388 e. The molecule has 11 heteroatoms. The molecule has 3 aliphatic rings. The Labute approximate surface area is 217 Å². The summed E-state index contributed by atoms with van der Waals surface area (Å²) in [5.41, 5.74) is 4.20. The van der Waals surface area contributed by atoms with Gasteiger partial charge in [0.2, 0.25) is 5.91 Å². The number of carbonyl (C=O) groups is 3. The zero-order valence-corrected chi connectivity index (χ0v) is 21.0. The molecule has 2 aliphatic heterocycles. The molecule has 1 saturated carbocycles. The number of rotatable bonds is 6. The Hall–Kier alpha value is -3.70. The van der Waals surface area contributed by atoms with E-state index in [4.69, 9.17) is 0 Å². The third kappa shape index (κ3) is 4.84. The number of amides is 3. The van der Waals surface area contributed by atoms with Gasteiger partial charge < -0.3 is 25.6 Å². The summed E-state index contributed by atoms with van der Waals surface area (Å²) in [7, 11) is 0. The molecule has 0 unspecified atom stereocenters. The number of β-amino-alcohol motifs (C(OH)–C–C–N with tert-alkyl or cyclic N) is 1. The van der Waals surface area contributed by atoms with Gasteiger partial charge in [0.05, 0.1) is 24.0 Å². The number of hydrogen-bond donors (Lipinski definition) is 3. The number of aromatic nitrogens is 2. The van der Waals surface area contributed by atoms with Crippen LogP contribution in [-0.4, -0.2) is 74.2 Å². The minimum absolute atomic E-state index is 0.169. The SMILES string of the molecule is O=C(Nc1cc2n(c1)NCN(CC1(O)CCN(C(=O)C3CC3)CC1)C2=O)c1csc(-c2ccccc2)n1. The van der Waals surface area contributed by atoms with Gasteiger partial charge in [-0.2, -0.15) is 0 Å². The van der Waals surface area contributed by atoms with Gasteiger partial charge in [-0.05, 0) is 31.7 Å². The first-order valence-corrected chi connectivity index (χ1v) is 13.4. The number of nitrogens with zero attached hydrogens (tertiary/aromatic N) is 4. The van der Waals surface area contributed by atoms with Crippen molar-refractivity contribution in [3.05, 3.63) is 59.4 Å². The van der Waals surface area contributed by atoms with E-state index in [9.17, 15) is 19.5 Å². The van der Waals surface area contributed by atoms with Crippen LogP contribution in [0.1, 0.15) is 46.7 Å². The highest BCUT2D eigenvalue weighted by Gasteiger charge is 2.41. The summed E-state index contributed by atoms with van der Waals surface area (Å²) in [6, 6.07) is 11.3. The molecule has 0 atom stereocenters. The smallest absolute Gasteiger partial charge is 0.275 e. The second-order valence-electron chi connectivity index (χ2n) is 9.99. The Bertz CT molecular complexity index is 1340. The van der Waals surface area contributed by atoms with Crippen molar-refractivity contribution in [2.45, 2.75) is 31.3 Å². The quantitative estimate of drug-likeness (QED) is 0.460. The number of benzene rings is 1. The zero-order chi connectivity index (χ0) is 25.6. The molecule has 1 aliphatic carbocycles. The number of hydrogen-bond acceptors (Lipinski definition) is 7. The fourth-order valence-electron chi connectivity index (χ4n) is 4.88. The van der Waals surface area contributed by atoms with Crippen molar-refractivity contribution in [2.75, 3.05) is 37.0 Å². The molecule has 2 aromatic heterocycles. The van der Waals surface area contributed by atoms with Crippen LogP contribution in [0, 0.1) is 5.92 Å². The van der Waals surface area contributed by atoms with Gasteiger partial charge in [0, 0.05) is 30.0 Å². The van der Waals surface area contributed by atoms with Crippen LogP contribution >= 0.6 is 11.3 Å². The highest BCUT2D eigenvalue weighted by molar-refractivity contribution is 7.13. The Morgan fingerprint density at radius 3 is 2.68 bits per heavy atom. The van der Waals surface area contributed by atoms with Gasteiger partial charge in [0.1, 0.15) is 23.1 Å². The zero-order valence-electron chi connectivity index (χ0n) is 20.2. The van der Waals surface area contributed by atoms with Crippen molar-refractivity contribution in [1.29, 1.82) is 0 Å². The Morgan fingerprint density at radius 2 is 1.95 bits per heavy atom. The van der Waals surface area contributed by atoms with E-state index >= 15 is 0 Å². The normalized spacial score (nSPS) is 18.8. The third-order valence-electron chi connectivity index (χ3n) is 7.19. The highest BCUT2D eigenvalue weighted by atomic mass is 32.1. The summed E-state index contributed by atoms with van der Waals surface area (Å²) in [4.78, 5) is 46.2. The highest BCUT2D eigenvalue weighted by Crippen LogP contribution is 2.33. The lowest BCUT2D eigenvalue weighted by Gasteiger charge is -2.42. The van der Waals surface area contributed by atoms with Crippen molar-refractivity contribution in [2.24, 2.45) is 5.92 Å². The van der Waals surface area contributed by atoms with Gasteiger partial charge in [0.25, 0.3) is 11.8 Å². The summed E-state index contributed by atoms with van der Waals surface area (Å²) >= 11 is 1.40. The molecule has 37 heavy (non-hydrogen) atoms. The molecule has 0 spiro atoms. The molecule has 2 fully saturated rings. The van der Waals surface area contributed by atoms with Crippen molar-refractivity contribution >= 4 is 34.7 Å². The van der Waals surface area contributed by atoms with E-state index in [1.54, 1.807) is 27.2 Å². The van der Waals surface area contributed by atoms with Gasteiger partial charge in [-0.25, -0.2) is 4.98 Å². The Balaban J connectivity index is 1.08. The molecule has 3 aromatic rings. The van der Waals surface area contributed by atoms with Crippen molar-refractivity contribution in [3.8, 4) is 10.6 Å². The maximum absolute atomic E-state index is 13.2. The molecule has 0 radical (unpaired) electrons. The van der Waals surface area contributed by atoms with Crippen molar-refractivity contribution in [3.63, 3.8) is 0 Å². The fourth-order valence-corrected chi connectivity index (χ4v) is 5.69. The van der Waals surface area contributed by atoms with Gasteiger partial charge in [-0.3, -0.25) is 19.1 Å². The number of piperidine rings is 1. The van der Waals surface area contributed by atoms with E-state index in [0.717, 1.165) is 23.4 Å². The van der Waals surface area contributed by atoms with Gasteiger partial charge in [0.15, 0.2) is 0 Å². The van der Waals surface area contributed by atoms with Gasteiger partial charge in [-0.15, -0.1) is 11.3 Å². The molecule has 1 saturated heterocycles. The number of nitrogens with one attached hydrogen (secondary N) is 2. The van der Waals surface area contributed by atoms with Crippen LogP contribution in [0.2, 0.25) is 0 Å². The molecule has 6 rings (SSSR count). The molecule has 0 bridgehead atoms. The maximum Gasteiger partial charge on any atom is 0.275 e. The van der Waals surface area contributed by atoms with Crippen LogP contribution in [0.15, 0.2) is 48.0 Å². The maximum atomic E-state index is 13.2. The number of aliphatic hydroxyl groups is 1. The van der Waals surface area contributed by atoms with Crippen molar-refractivity contribution in [1.82, 2.24) is 19.5 Å². The first-order valence-electron chi connectivity index (χ1n) is 12.5. The van der Waals surface area contributed by atoms with E-state index in [-0.39, 0.29) is 36.9 Å². The molecule has 192 valence electrons. The number of likely N-dealkylation sites (tertiary alicyclic amines) is 1. The molecular formula is C26H28N6O4S. The molecular weight excluding hydrogens is 492 g/mol. The fraction of sp³-hybridized carbons (Fsp3) is 0.385. The summed E-state index contributed by atoms with van der Waals surface area (Å²) in [5, 5.41) is 16.4. The lowest BCUT2D eigenvalue weighted by molar-refractivity contribution is -0.137. The van der Waals surface area contributed by atoms with Crippen LogP contribution in [0.3, 0.4) is 0 Å². The first kappa shape index (κ1) is 23.7. The molecule has 3 N–H and O–H groups in total. The molecule has 3 amide bonds. The van der Waals surface area contributed by atoms with E-state index < -0.39 is 5.60 Å². The minimum atomic E-state index is -1.04. The summed E-state index contributed by atoms with van der Waals surface area (Å²) in [6.45, 7) is 1.43. The Kier molecular flexibility index (Phi) is 5.96. The summed E-state index contributed by atoms with van der Waals surface area (Å²) < 4.78 is 1.59. The van der Waals surface area contributed by atoms with Crippen LogP contribution in [0.4, 0.5) is 5.69 Å². The van der Waals surface area contributed by atoms with E-state index in [2.05, 4.69) is 15.7 Å². The van der Waals surface area contributed by atoms with E-state index in [1.807, 2.05) is 35.2 Å². The number of carbonyl (C=O) groups excluding carboxylic acids is 3. The topological polar surface area (TPSA) is 120 Å². The number of thiazole rings is 1. The molecule has 10 nitrogen and oxygen atoms in total. The number of fused-ring (bicyclic) bond motifs is 1. The summed E-state index contributed by atoms with van der Waals surface area (Å²) in [5.74, 6) is -0.223. The average molecular weight is 521 g/mol. The van der Waals surface area contributed by atoms with E-state index in [0.29, 0.717) is 43.0 Å². The van der Waals surface area contributed by atoms with Gasteiger partial charge >= 0.3 is 0 Å².